The predicted octanol–water partition coefficient (Wildman–Crippen LogP) is 4.45. The molecule has 15 heteroatoms. The normalized spacial score (nSPS) is 29.5. The maximum absolute atomic E-state index is 14.6. The van der Waals surface area contributed by atoms with E-state index in [1.165, 1.54) is 13.0 Å². The first kappa shape index (κ1) is 36.3. The van der Waals surface area contributed by atoms with Crippen LogP contribution in [-0.4, -0.2) is 112 Å². The summed E-state index contributed by atoms with van der Waals surface area (Å²) in [7, 11) is 2.01. The number of nitrogen functional groups attached to an aromatic ring is 1. The minimum Gasteiger partial charge on any atom is -0.461 e. The van der Waals surface area contributed by atoms with Crippen molar-refractivity contribution in [2.45, 2.75) is 94.7 Å². The Bertz CT molecular complexity index is 1770. The molecule has 52 heavy (non-hydrogen) atoms. The number of likely N-dealkylation sites (tertiary alicyclic amines) is 1. The fourth-order valence-corrected chi connectivity index (χ4v) is 9.13. The number of fused-ring (bicyclic) bond motifs is 2. The van der Waals surface area contributed by atoms with E-state index in [0.717, 1.165) is 37.9 Å². The summed E-state index contributed by atoms with van der Waals surface area (Å²) in [5.74, 6) is -0.418. The second kappa shape index (κ2) is 14.1. The predicted molar refractivity (Wildman–Crippen MR) is 186 cm³/mol. The number of aromatic nitrogens is 3. The van der Waals surface area contributed by atoms with E-state index < -0.39 is 35.4 Å². The van der Waals surface area contributed by atoms with Gasteiger partial charge in [0.25, 0.3) is 0 Å². The van der Waals surface area contributed by atoms with Gasteiger partial charge < -0.3 is 20.3 Å². The molecule has 2 aromatic heterocycles. The number of amides is 1. The largest absolute Gasteiger partial charge is 0.461 e. The molecular weight excluding hydrogens is 678 g/mol. The standard InChI is InChI=1S/C37H47F4N9O2/c1-22-15-28-29(17-27(22)33-32(37(39,40)41)23(2)16-30(43)45-33)44-35(52-21-36-9-4-11-49(36)19-24(38)18-36)46-34(28)48-13-14-50(26(20-48)7-10-42)31(51)6-5-25-8-12-47(25)3/h5-6,16,22,24-27H,4,7-9,11-15,17-21H2,1-3H3,(H2,43,45)/b6-5+/t22?,24-,25?,26+,27?,36+/m1/s1. The summed E-state index contributed by atoms with van der Waals surface area (Å²) in [6, 6.07) is 3.40. The zero-order chi connectivity index (χ0) is 36.9. The highest BCUT2D eigenvalue weighted by molar-refractivity contribution is 5.88. The molecule has 2 aromatic rings. The molecule has 4 aliphatic heterocycles. The molecule has 280 valence electrons. The first-order valence-corrected chi connectivity index (χ1v) is 18.3. The number of piperazine rings is 1. The summed E-state index contributed by atoms with van der Waals surface area (Å²) in [6.07, 6.45) is 1.72. The van der Waals surface area contributed by atoms with Crippen molar-refractivity contribution >= 4 is 17.5 Å². The minimum atomic E-state index is -4.62. The Hall–Kier alpha value is -4.03. The Balaban J connectivity index is 1.22. The molecule has 6 atom stereocenters. The molecule has 2 N–H and O–H groups in total. The molecule has 7 rings (SSSR count). The molecule has 6 heterocycles. The monoisotopic (exact) mass is 725 g/mol. The molecule has 3 unspecified atom stereocenters. The van der Waals surface area contributed by atoms with Crippen molar-refractivity contribution in [1.82, 2.24) is 29.7 Å². The quantitative estimate of drug-likeness (QED) is 0.308. The van der Waals surface area contributed by atoms with Gasteiger partial charge in [0.1, 0.15) is 24.4 Å². The van der Waals surface area contributed by atoms with Crippen molar-refractivity contribution in [1.29, 1.82) is 5.26 Å². The van der Waals surface area contributed by atoms with Gasteiger partial charge in [-0.25, -0.2) is 9.37 Å². The minimum absolute atomic E-state index is 0.0222. The zero-order valence-electron chi connectivity index (χ0n) is 30.0. The smallest absolute Gasteiger partial charge is 0.418 e. The Morgan fingerprint density at radius 1 is 1.17 bits per heavy atom. The van der Waals surface area contributed by atoms with Gasteiger partial charge in [0.15, 0.2) is 0 Å². The van der Waals surface area contributed by atoms with Crippen molar-refractivity contribution in [3.05, 3.63) is 46.3 Å². The summed E-state index contributed by atoms with van der Waals surface area (Å²) < 4.78 is 64.3. The number of carbonyl (C=O) groups excluding carboxylic acids is 1. The van der Waals surface area contributed by atoms with Gasteiger partial charge in [-0.05, 0) is 70.2 Å². The average Bonchev–Trinajstić information content (AvgIpc) is 3.60. The number of hydrogen-bond donors (Lipinski definition) is 1. The maximum Gasteiger partial charge on any atom is 0.418 e. The van der Waals surface area contributed by atoms with Gasteiger partial charge in [0, 0.05) is 62.7 Å². The highest BCUT2D eigenvalue weighted by Gasteiger charge is 2.50. The van der Waals surface area contributed by atoms with Crippen LogP contribution in [0.4, 0.5) is 29.2 Å². The number of nitriles is 1. The number of anilines is 2. The number of rotatable bonds is 8. The maximum atomic E-state index is 14.6. The first-order chi connectivity index (χ1) is 24.8. The third-order valence-electron chi connectivity index (χ3n) is 12.0. The number of halogens is 4. The van der Waals surface area contributed by atoms with Crippen LogP contribution in [0, 0.1) is 24.2 Å². The van der Waals surface area contributed by atoms with Crippen molar-refractivity contribution in [3.8, 4) is 12.1 Å². The molecule has 11 nitrogen and oxygen atoms in total. The van der Waals surface area contributed by atoms with Crippen LogP contribution in [0.2, 0.25) is 0 Å². The fourth-order valence-electron chi connectivity index (χ4n) is 9.13. The van der Waals surface area contributed by atoms with E-state index in [9.17, 15) is 27.6 Å². The van der Waals surface area contributed by atoms with Crippen LogP contribution < -0.4 is 15.4 Å². The topological polar surface area (TPSA) is 128 Å². The second-order valence-corrected chi connectivity index (χ2v) is 15.4. The number of aryl methyl sites for hydroxylation is 1. The highest BCUT2D eigenvalue weighted by atomic mass is 19.4. The number of ether oxygens (including phenoxy) is 1. The van der Waals surface area contributed by atoms with Crippen LogP contribution in [0.15, 0.2) is 18.2 Å². The van der Waals surface area contributed by atoms with E-state index in [1.807, 2.05) is 24.9 Å². The van der Waals surface area contributed by atoms with E-state index >= 15 is 0 Å². The molecule has 4 saturated heterocycles. The van der Waals surface area contributed by atoms with E-state index in [-0.39, 0.29) is 60.4 Å². The number of nitrogens with zero attached hydrogens (tertiary/aromatic N) is 8. The third-order valence-corrected chi connectivity index (χ3v) is 12.0. The first-order valence-electron chi connectivity index (χ1n) is 18.3. The molecule has 1 aliphatic carbocycles. The van der Waals surface area contributed by atoms with Gasteiger partial charge in [-0.1, -0.05) is 13.0 Å². The van der Waals surface area contributed by atoms with Crippen molar-refractivity contribution in [3.63, 3.8) is 0 Å². The third kappa shape index (κ3) is 6.91. The average molecular weight is 726 g/mol. The van der Waals surface area contributed by atoms with Crippen LogP contribution >= 0.6 is 0 Å². The highest BCUT2D eigenvalue weighted by Crippen LogP contribution is 2.46. The molecule has 0 radical (unpaired) electrons. The van der Waals surface area contributed by atoms with E-state index in [2.05, 4.69) is 20.9 Å². The fraction of sp³-hybridized carbons (Fsp3) is 0.649. The Morgan fingerprint density at radius 3 is 2.69 bits per heavy atom. The van der Waals surface area contributed by atoms with Gasteiger partial charge in [-0.3, -0.25) is 14.6 Å². The molecular formula is C37H47F4N9O2. The summed E-state index contributed by atoms with van der Waals surface area (Å²) >= 11 is 0. The SMILES string of the molecule is Cc1cc(N)nc(C2Cc3nc(OC[C@@]45CCCN4C[C@H](F)C5)nc(N4CCN(C(=O)/C=C/C5CCN5C)[C@@H](CC#N)C4)c3CC2C)c1C(F)(F)F. The summed E-state index contributed by atoms with van der Waals surface area (Å²) in [4.78, 5) is 35.5. The number of likely N-dealkylation sites (N-methyl/N-ethyl adjacent to an activating group) is 1. The van der Waals surface area contributed by atoms with E-state index in [1.54, 1.807) is 11.0 Å². The van der Waals surface area contributed by atoms with Crippen molar-refractivity contribution in [2.75, 3.05) is 63.6 Å². The van der Waals surface area contributed by atoms with E-state index in [0.29, 0.717) is 50.5 Å². The number of alkyl halides is 4. The summed E-state index contributed by atoms with van der Waals surface area (Å²) in [5.41, 5.74) is 6.10. The van der Waals surface area contributed by atoms with Gasteiger partial charge in [-0.2, -0.15) is 28.4 Å². The lowest BCUT2D eigenvalue weighted by molar-refractivity contribution is -0.139. The lowest BCUT2D eigenvalue weighted by Crippen LogP contribution is -2.55. The van der Waals surface area contributed by atoms with Crippen LogP contribution in [0.5, 0.6) is 6.01 Å². The van der Waals surface area contributed by atoms with Crippen LogP contribution in [0.3, 0.4) is 0 Å². The van der Waals surface area contributed by atoms with Gasteiger partial charge in [-0.15, -0.1) is 0 Å². The van der Waals surface area contributed by atoms with Crippen LogP contribution in [-0.2, 0) is 23.8 Å². The number of carbonyl (C=O) groups is 1. The number of pyridine rings is 1. The number of hydrogen-bond acceptors (Lipinski definition) is 10. The Morgan fingerprint density at radius 2 is 1.98 bits per heavy atom. The lowest BCUT2D eigenvalue weighted by Gasteiger charge is -2.42. The van der Waals surface area contributed by atoms with Crippen LogP contribution in [0.25, 0.3) is 0 Å². The van der Waals surface area contributed by atoms with Gasteiger partial charge in [0.05, 0.1) is 41.0 Å². The molecule has 1 amide bonds. The summed E-state index contributed by atoms with van der Waals surface area (Å²) in [5, 5.41) is 9.77. The summed E-state index contributed by atoms with van der Waals surface area (Å²) in [6.45, 7) is 6.78. The molecule has 0 bridgehead atoms. The molecule has 4 fully saturated rings. The van der Waals surface area contributed by atoms with Crippen molar-refractivity contribution in [2.24, 2.45) is 5.92 Å². The lowest BCUT2D eigenvalue weighted by atomic mass is 9.75. The van der Waals surface area contributed by atoms with Gasteiger partial charge in [0.2, 0.25) is 5.91 Å². The zero-order valence-corrected chi connectivity index (χ0v) is 30.0. The van der Waals surface area contributed by atoms with Crippen LogP contribution in [0.1, 0.15) is 73.0 Å². The van der Waals surface area contributed by atoms with E-state index in [4.69, 9.17) is 20.4 Å². The van der Waals surface area contributed by atoms with Gasteiger partial charge >= 0.3 is 12.2 Å². The Labute approximate surface area is 301 Å². The molecule has 5 aliphatic rings. The molecule has 0 aromatic carbocycles. The Kier molecular flexibility index (Phi) is 9.84. The number of nitrogens with two attached hydrogens (primary N) is 1. The molecule has 0 spiro atoms. The second-order valence-electron chi connectivity index (χ2n) is 15.4. The van der Waals surface area contributed by atoms with Crippen molar-refractivity contribution < 1.29 is 27.1 Å². The molecule has 0 saturated carbocycles.